The van der Waals surface area contributed by atoms with Crippen LogP contribution in [0.1, 0.15) is 12.8 Å². The molecule has 2 heteroatoms. The minimum Gasteiger partial charge on any atom is -0.303 e. The molecule has 1 radical (unpaired) electrons. The van der Waals surface area contributed by atoms with Crippen molar-refractivity contribution in [2.75, 3.05) is 12.3 Å². The number of hydrogen-bond acceptors (Lipinski definition) is 2. The van der Waals surface area contributed by atoms with Gasteiger partial charge in [-0.05, 0) is 25.1 Å². The summed E-state index contributed by atoms with van der Waals surface area (Å²) < 4.78 is 0. The zero-order chi connectivity index (χ0) is 4.95. The summed E-state index contributed by atoms with van der Waals surface area (Å²) >= 11 is 1.88. The minimum atomic E-state index is 1.17. The molecule has 7 heavy (non-hydrogen) atoms. The Morgan fingerprint density at radius 3 is 3.43 bits per heavy atom. The van der Waals surface area contributed by atoms with Crippen molar-refractivity contribution in [2.24, 2.45) is 0 Å². The van der Waals surface area contributed by atoms with E-state index in [-0.39, 0.29) is 0 Å². The summed E-state index contributed by atoms with van der Waals surface area (Å²) in [7, 11) is 0. The Kier molecular flexibility index (Phi) is 2.59. The topological polar surface area (TPSA) is 12.0 Å². The molecule has 0 unspecified atom stereocenters. The van der Waals surface area contributed by atoms with Gasteiger partial charge in [0, 0.05) is 0 Å². The van der Waals surface area contributed by atoms with Crippen molar-refractivity contribution >= 4 is 11.8 Å². The molecule has 0 aliphatic carbocycles. The average Bonchev–Trinajstić information content (AvgIpc) is 1.90. The molecule has 1 N–H and O–H groups in total. The Morgan fingerprint density at radius 1 is 1.43 bits per heavy atom. The van der Waals surface area contributed by atoms with Crippen LogP contribution in [-0.2, 0) is 0 Å². The van der Waals surface area contributed by atoms with Gasteiger partial charge in [-0.15, -0.1) is 11.8 Å². The molecule has 0 aromatic rings. The molecule has 1 rings (SSSR count). The van der Waals surface area contributed by atoms with Crippen LogP contribution in [0, 0.1) is 5.88 Å². The molecular weight excluding hydrogens is 106 g/mol. The van der Waals surface area contributed by atoms with Crippen LogP contribution >= 0.6 is 11.8 Å². The van der Waals surface area contributed by atoms with E-state index in [9.17, 15) is 0 Å². The highest BCUT2D eigenvalue weighted by atomic mass is 32.2. The van der Waals surface area contributed by atoms with E-state index in [1.54, 1.807) is 0 Å². The van der Waals surface area contributed by atoms with Crippen LogP contribution < -0.4 is 5.32 Å². The van der Waals surface area contributed by atoms with Crippen LogP contribution in [0.3, 0.4) is 0 Å². The van der Waals surface area contributed by atoms with Crippen LogP contribution in [0.25, 0.3) is 0 Å². The molecule has 0 spiro atoms. The maximum atomic E-state index is 3.19. The van der Waals surface area contributed by atoms with E-state index in [0.717, 1.165) is 0 Å². The van der Waals surface area contributed by atoms with Crippen LogP contribution in [0.4, 0.5) is 0 Å². The molecule has 0 aromatic carbocycles. The van der Waals surface area contributed by atoms with Gasteiger partial charge in [0.25, 0.3) is 0 Å². The van der Waals surface area contributed by atoms with Crippen molar-refractivity contribution in [2.45, 2.75) is 12.8 Å². The van der Waals surface area contributed by atoms with E-state index in [0.29, 0.717) is 0 Å². The second-order valence-electron chi connectivity index (χ2n) is 1.65. The molecule has 1 aliphatic heterocycles. The second-order valence-corrected chi connectivity index (χ2v) is 2.63. The van der Waals surface area contributed by atoms with Gasteiger partial charge in [0.05, 0.1) is 5.88 Å². The van der Waals surface area contributed by atoms with E-state index < -0.39 is 0 Å². The van der Waals surface area contributed by atoms with Gasteiger partial charge in [-0.1, -0.05) is 0 Å². The summed E-state index contributed by atoms with van der Waals surface area (Å²) in [4.78, 5) is 0. The zero-order valence-electron chi connectivity index (χ0n) is 4.31. The SMILES string of the molecule is [CH]1NCCCCS1. The Morgan fingerprint density at radius 2 is 2.43 bits per heavy atom. The minimum absolute atomic E-state index is 1.17. The first-order chi connectivity index (χ1) is 3.50. The summed E-state index contributed by atoms with van der Waals surface area (Å²) in [6.07, 6.45) is 2.71. The number of rotatable bonds is 0. The Hall–Kier alpha value is 0.310. The maximum absolute atomic E-state index is 3.19. The second kappa shape index (κ2) is 3.33. The fraction of sp³-hybridized carbons (Fsp3) is 0.800. The van der Waals surface area contributed by atoms with Gasteiger partial charge in [0.15, 0.2) is 0 Å². The highest BCUT2D eigenvalue weighted by Crippen LogP contribution is 2.08. The van der Waals surface area contributed by atoms with E-state index in [1.165, 1.54) is 25.1 Å². The fourth-order valence-corrected chi connectivity index (χ4v) is 1.31. The molecule has 0 amide bonds. The molecule has 0 atom stereocenters. The van der Waals surface area contributed by atoms with E-state index in [2.05, 4.69) is 11.2 Å². The fourth-order valence-electron chi connectivity index (χ4n) is 0.589. The van der Waals surface area contributed by atoms with Crippen LogP contribution in [0.15, 0.2) is 0 Å². The largest absolute Gasteiger partial charge is 0.303 e. The average molecular weight is 116 g/mol. The zero-order valence-corrected chi connectivity index (χ0v) is 5.13. The lowest BCUT2D eigenvalue weighted by atomic mass is 10.3. The first kappa shape index (κ1) is 5.45. The summed E-state index contributed by atoms with van der Waals surface area (Å²) in [5.74, 6) is 3.39. The van der Waals surface area contributed by atoms with Gasteiger partial charge in [-0.2, -0.15) is 0 Å². The monoisotopic (exact) mass is 116 g/mol. The van der Waals surface area contributed by atoms with Crippen molar-refractivity contribution in [1.82, 2.24) is 5.32 Å². The molecule has 41 valence electrons. The third-order valence-electron chi connectivity index (χ3n) is 1.000. The normalized spacial score (nSPS) is 24.0. The first-order valence-electron chi connectivity index (χ1n) is 2.67. The van der Waals surface area contributed by atoms with Gasteiger partial charge >= 0.3 is 0 Å². The highest BCUT2D eigenvalue weighted by Gasteiger charge is 1.94. The van der Waals surface area contributed by atoms with Crippen molar-refractivity contribution in [1.29, 1.82) is 0 Å². The summed E-state index contributed by atoms with van der Waals surface area (Å²) in [6.45, 7) is 1.17. The number of nitrogens with one attached hydrogen (secondary N) is 1. The lowest BCUT2D eigenvalue weighted by molar-refractivity contribution is 0.745. The molecular formula is C5H10NS. The molecule has 0 bridgehead atoms. The van der Waals surface area contributed by atoms with E-state index >= 15 is 0 Å². The Balaban J connectivity index is 2.04. The maximum Gasteiger partial charge on any atom is 0.0782 e. The lowest BCUT2D eigenvalue weighted by Crippen LogP contribution is -2.06. The molecule has 0 aromatic heterocycles. The van der Waals surface area contributed by atoms with Gasteiger partial charge in [-0.25, -0.2) is 0 Å². The van der Waals surface area contributed by atoms with Crippen LogP contribution in [0.2, 0.25) is 0 Å². The van der Waals surface area contributed by atoms with Crippen LogP contribution in [-0.4, -0.2) is 12.3 Å². The summed E-state index contributed by atoms with van der Waals surface area (Å²) in [5.41, 5.74) is 0. The van der Waals surface area contributed by atoms with Gasteiger partial charge in [0.1, 0.15) is 0 Å². The third-order valence-corrected chi connectivity index (χ3v) is 1.86. The van der Waals surface area contributed by atoms with Crippen molar-refractivity contribution in [3.05, 3.63) is 5.88 Å². The van der Waals surface area contributed by atoms with Crippen molar-refractivity contribution < 1.29 is 0 Å². The third kappa shape index (κ3) is 2.19. The predicted molar refractivity (Wildman–Crippen MR) is 34.0 cm³/mol. The molecule has 1 nitrogen and oxygen atoms in total. The van der Waals surface area contributed by atoms with Crippen molar-refractivity contribution in [3.8, 4) is 0 Å². The van der Waals surface area contributed by atoms with E-state index in [1.807, 2.05) is 11.8 Å². The molecule has 1 aliphatic rings. The van der Waals surface area contributed by atoms with Gasteiger partial charge < -0.3 is 5.32 Å². The smallest absolute Gasteiger partial charge is 0.0782 e. The Labute approximate surface area is 48.9 Å². The van der Waals surface area contributed by atoms with Gasteiger partial charge in [-0.3, -0.25) is 0 Å². The Bertz CT molecular complexity index is 27.7. The number of thioether (sulfide) groups is 1. The van der Waals surface area contributed by atoms with E-state index in [4.69, 9.17) is 0 Å². The standard InChI is InChI=1S/C5H10NS/c1-2-4-7-5-6-3-1/h5-6H,1-4H2. The quantitative estimate of drug-likeness (QED) is 0.510. The molecule has 0 saturated carbocycles. The lowest BCUT2D eigenvalue weighted by Gasteiger charge is -1.90. The van der Waals surface area contributed by atoms with Crippen molar-refractivity contribution in [3.63, 3.8) is 0 Å². The summed E-state index contributed by atoms with van der Waals surface area (Å²) in [5, 5.41) is 3.19. The van der Waals surface area contributed by atoms with Gasteiger partial charge in [0.2, 0.25) is 0 Å². The molecule has 1 fully saturated rings. The first-order valence-corrected chi connectivity index (χ1v) is 3.72. The molecule has 1 heterocycles. The molecule has 1 saturated heterocycles. The highest BCUT2D eigenvalue weighted by molar-refractivity contribution is 8.01. The number of hydrogen-bond donors (Lipinski definition) is 1. The van der Waals surface area contributed by atoms with Crippen LogP contribution in [0.5, 0.6) is 0 Å². The predicted octanol–water partition coefficient (Wildman–Crippen LogP) is 1.22. The summed E-state index contributed by atoms with van der Waals surface area (Å²) in [6, 6.07) is 0.